The Morgan fingerprint density at radius 2 is 2.24 bits per heavy atom. The summed E-state index contributed by atoms with van der Waals surface area (Å²) in [5, 5.41) is 13.8. The van der Waals surface area contributed by atoms with E-state index in [4.69, 9.17) is 10.8 Å². The van der Waals surface area contributed by atoms with Gasteiger partial charge in [0.15, 0.2) is 5.13 Å². The molecule has 0 saturated heterocycles. The normalized spacial score (nSPS) is 15.3. The predicted octanol–water partition coefficient (Wildman–Crippen LogP) is 1.32. The largest absolute Gasteiger partial charge is 0.480 e. The molecule has 108 valence electrons. The summed E-state index contributed by atoms with van der Waals surface area (Å²) in [4.78, 5) is 28.7. The van der Waals surface area contributed by atoms with Gasteiger partial charge in [0.25, 0.3) is 0 Å². The number of thiazole rings is 1. The highest BCUT2D eigenvalue weighted by Crippen LogP contribution is 2.36. The van der Waals surface area contributed by atoms with Crippen LogP contribution in [0.3, 0.4) is 0 Å². The highest BCUT2D eigenvalue weighted by atomic mass is 32.1. The Balaban J connectivity index is 1.98. The van der Waals surface area contributed by atoms with Crippen molar-refractivity contribution < 1.29 is 14.7 Å². The minimum Gasteiger partial charge on any atom is -0.480 e. The second kappa shape index (κ2) is 5.15. The number of hydrogen-bond acceptors (Lipinski definition) is 6. The minimum atomic E-state index is -1.16. The maximum Gasteiger partial charge on any atom is 0.326 e. The van der Waals surface area contributed by atoms with Gasteiger partial charge in [-0.15, -0.1) is 11.3 Å². The van der Waals surface area contributed by atoms with E-state index < -0.39 is 12.0 Å². The number of carboxylic acids is 1. The molecule has 0 fully saturated rings. The fraction of sp³-hybridized carbons (Fsp3) is 0.154. The molecule has 0 aliphatic carbocycles. The van der Waals surface area contributed by atoms with E-state index in [1.807, 2.05) is 18.2 Å². The van der Waals surface area contributed by atoms with Crippen molar-refractivity contribution in [1.29, 1.82) is 0 Å². The van der Waals surface area contributed by atoms with Gasteiger partial charge in [-0.1, -0.05) is 12.1 Å². The molecule has 1 amide bonds. The quantitative estimate of drug-likeness (QED) is 0.789. The second-order valence-electron chi connectivity index (χ2n) is 4.52. The fourth-order valence-electron chi connectivity index (χ4n) is 2.07. The van der Waals surface area contributed by atoms with Crippen LogP contribution in [0.15, 0.2) is 29.6 Å². The maximum absolute atomic E-state index is 11.8. The second-order valence-corrected chi connectivity index (χ2v) is 5.36. The zero-order valence-corrected chi connectivity index (χ0v) is 11.6. The SMILES string of the molecule is NC(C(=O)O)c1csc(N2CC(=O)Nc3ccccc32)n1. The van der Waals surface area contributed by atoms with Crippen molar-refractivity contribution >= 4 is 39.7 Å². The highest BCUT2D eigenvalue weighted by molar-refractivity contribution is 7.13. The summed E-state index contributed by atoms with van der Waals surface area (Å²) in [5.41, 5.74) is 7.36. The molecule has 1 unspecified atom stereocenters. The van der Waals surface area contributed by atoms with Crippen LogP contribution in [-0.2, 0) is 9.59 Å². The number of para-hydroxylation sites is 2. The molecule has 1 aromatic carbocycles. The molecule has 1 aliphatic heterocycles. The average molecular weight is 304 g/mol. The summed E-state index contributed by atoms with van der Waals surface area (Å²) >= 11 is 1.26. The van der Waals surface area contributed by atoms with Crippen molar-refractivity contribution in [2.75, 3.05) is 16.8 Å². The van der Waals surface area contributed by atoms with Gasteiger partial charge >= 0.3 is 5.97 Å². The van der Waals surface area contributed by atoms with Gasteiger partial charge in [0.1, 0.15) is 12.6 Å². The molecule has 0 radical (unpaired) electrons. The number of carbonyl (C=O) groups excluding carboxylic acids is 1. The number of fused-ring (bicyclic) bond motifs is 1. The third-order valence-electron chi connectivity index (χ3n) is 3.10. The van der Waals surface area contributed by atoms with Crippen molar-refractivity contribution in [2.45, 2.75) is 6.04 Å². The molecule has 0 spiro atoms. The molecule has 7 nitrogen and oxygen atoms in total. The van der Waals surface area contributed by atoms with Crippen LogP contribution in [-0.4, -0.2) is 28.5 Å². The number of rotatable bonds is 3. The third kappa shape index (κ3) is 2.46. The van der Waals surface area contributed by atoms with Gasteiger partial charge < -0.3 is 21.1 Å². The monoisotopic (exact) mass is 304 g/mol. The van der Waals surface area contributed by atoms with Gasteiger partial charge in [-0.05, 0) is 12.1 Å². The summed E-state index contributed by atoms with van der Waals surface area (Å²) in [6.45, 7) is 0.131. The molecule has 2 aromatic rings. The van der Waals surface area contributed by atoms with Crippen LogP contribution in [0.4, 0.5) is 16.5 Å². The van der Waals surface area contributed by atoms with Gasteiger partial charge in [0.2, 0.25) is 5.91 Å². The topological polar surface area (TPSA) is 109 Å². The molecule has 21 heavy (non-hydrogen) atoms. The lowest BCUT2D eigenvalue weighted by atomic mass is 10.2. The molecular formula is C13H12N4O3S. The summed E-state index contributed by atoms with van der Waals surface area (Å²) < 4.78 is 0. The number of anilines is 3. The smallest absolute Gasteiger partial charge is 0.326 e. The van der Waals surface area contributed by atoms with Crippen LogP contribution in [0, 0.1) is 0 Å². The van der Waals surface area contributed by atoms with Crippen molar-refractivity contribution in [3.05, 3.63) is 35.3 Å². The molecule has 8 heteroatoms. The van der Waals surface area contributed by atoms with E-state index in [-0.39, 0.29) is 18.1 Å². The lowest BCUT2D eigenvalue weighted by Crippen LogP contribution is -2.35. The number of nitrogens with one attached hydrogen (secondary N) is 1. The Hall–Kier alpha value is -2.45. The van der Waals surface area contributed by atoms with Gasteiger partial charge in [-0.25, -0.2) is 4.98 Å². The zero-order valence-electron chi connectivity index (χ0n) is 10.8. The lowest BCUT2D eigenvalue weighted by Gasteiger charge is -2.28. The number of aliphatic carboxylic acids is 1. The fourth-order valence-corrected chi connectivity index (χ4v) is 2.95. The zero-order chi connectivity index (χ0) is 15.0. The van der Waals surface area contributed by atoms with Crippen LogP contribution in [0.25, 0.3) is 0 Å². The number of benzene rings is 1. The highest BCUT2D eigenvalue weighted by Gasteiger charge is 2.26. The number of carboxylic acid groups (broad SMARTS) is 1. The number of amides is 1. The van der Waals surface area contributed by atoms with Crippen LogP contribution in [0.1, 0.15) is 11.7 Å². The Morgan fingerprint density at radius 3 is 3.00 bits per heavy atom. The number of nitrogens with two attached hydrogens (primary N) is 1. The van der Waals surface area contributed by atoms with Crippen LogP contribution < -0.4 is 16.0 Å². The van der Waals surface area contributed by atoms with E-state index in [2.05, 4.69) is 10.3 Å². The summed E-state index contributed by atoms with van der Waals surface area (Å²) in [6.07, 6.45) is 0. The molecule has 4 N–H and O–H groups in total. The van der Waals surface area contributed by atoms with Gasteiger partial charge in [-0.2, -0.15) is 0 Å². The Labute approximate surface area is 124 Å². The number of hydrogen-bond donors (Lipinski definition) is 3. The van der Waals surface area contributed by atoms with E-state index in [1.54, 1.807) is 16.3 Å². The summed E-state index contributed by atoms with van der Waals surface area (Å²) in [7, 11) is 0. The molecule has 0 saturated carbocycles. The third-order valence-corrected chi connectivity index (χ3v) is 3.98. The Bertz CT molecular complexity index is 715. The molecular weight excluding hydrogens is 292 g/mol. The van der Waals surface area contributed by atoms with Crippen LogP contribution in [0.5, 0.6) is 0 Å². The van der Waals surface area contributed by atoms with Gasteiger partial charge in [0, 0.05) is 5.38 Å². The minimum absolute atomic E-state index is 0.131. The Morgan fingerprint density at radius 1 is 1.48 bits per heavy atom. The molecule has 1 aliphatic rings. The lowest BCUT2D eigenvalue weighted by molar-refractivity contribution is -0.138. The number of carbonyl (C=O) groups is 2. The van der Waals surface area contributed by atoms with Crippen molar-refractivity contribution in [2.24, 2.45) is 5.73 Å². The van der Waals surface area contributed by atoms with E-state index in [0.717, 1.165) is 5.69 Å². The van der Waals surface area contributed by atoms with Gasteiger partial charge in [0.05, 0.1) is 17.1 Å². The maximum atomic E-state index is 11.8. The first kappa shape index (κ1) is 13.5. The molecule has 2 heterocycles. The van der Waals surface area contributed by atoms with E-state index in [1.165, 1.54) is 11.3 Å². The van der Waals surface area contributed by atoms with E-state index in [9.17, 15) is 9.59 Å². The van der Waals surface area contributed by atoms with Crippen LogP contribution in [0.2, 0.25) is 0 Å². The van der Waals surface area contributed by atoms with Crippen molar-refractivity contribution in [3.8, 4) is 0 Å². The first-order chi connectivity index (χ1) is 10.1. The molecule has 1 aromatic heterocycles. The first-order valence-electron chi connectivity index (χ1n) is 6.16. The summed E-state index contributed by atoms with van der Waals surface area (Å²) in [5.74, 6) is -1.28. The van der Waals surface area contributed by atoms with Gasteiger partial charge in [-0.3, -0.25) is 9.59 Å². The Kier molecular flexibility index (Phi) is 3.32. The first-order valence-corrected chi connectivity index (χ1v) is 7.04. The summed E-state index contributed by atoms with van der Waals surface area (Å²) in [6, 6.07) is 6.20. The molecule has 3 rings (SSSR count). The number of aromatic nitrogens is 1. The van der Waals surface area contributed by atoms with E-state index >= 15 is 0 Å². The van der Waals surface area contributed by atoms with E-state index in [0.29, 0.717) is 10.8 Å². The predicted molar refractivity (Wildman–Crippen MR) is 78.8 cm³/mol. The molecule has 1 atom stereocenters. The average Bonchev–Trinajstić information content (AvgIpc) is 2.94. The standard InChI is InChI=1S/C13H12N4O3S/c14-11(12(19)20)8-6-21-13(16-8)17-5-10(18)15-7-3-1-2-4-9(7)17/h1-4,6,11H,5,14H2,(H,15,18)(H,19,20). The van der Waals surface area contributed by atoms with Crippen LogP contribution >= 0.6 is 11.3 Å². The number of nitrogens with zero attached hydrogens (tertiary/aromatic N) is 2. The molecule has 0 bridgehead atoms. The van der Waals surface area contributed by atoms with Crippen molar-refractivity contribution in [3.63, 3.8) is 0 Å². The van der Waals surface area contributed by atoms with Crippen molar-refractivity contribution in [1.82, 2.24) is 4.98 Å².